The van der Waals surface area contributed by atoms with Crippen LogP contribution >= 0.6 is 11.6 Å². The number of azo groups is 1. The summed E-state index contributed by atoms with van der Waals surface area (Å²) in [6.45, 7) is -0.544. The maximum Gasteiger partial charge on any atom is 0.367 e. The number of nitro groups is 1. The Morgan fingerprint density at radius 1 is 1.26 bits per heavy atom. The minimum atomic E-state index is -4.82. The van der Waals surface area contributed by atoms with Gasteiger partial charge in [-0.25, -0.2) is 0 Å². The van der Waals surface area contributed by atoms with E-state index in [4.69, 9.17) is 16.2 Å². The number of nitrogens with one attached hydrogen (secondary N) is 1. The SMILES string of the molecule is O=[N+]([O-])c1cc(S(=O)(=O)O)cc(N=NC/C(O)=C/C(O)=[NH+]c2ccccc2Cl)c1O.[Cr]. The molecule has 0 radical (unpaired) electrons. The zero-order chi connectivity index (χ0) is 22.5. The van der Waals surface area contributed by atoms with Crippen LogP contribution in [0, 0.1) is 10.1 Å². The molecule has 2 aromatic rings. The predicted octanol–water partition coefficient (Wildman–Crippen LogP) is 2.09. The molecule has 0 aromatic heterocycles. The third-order valence-corrected chi connectivity index (χ3v) is 4.55. The summed E-state index contributed by atoms with van der Waals surface area (Å²) in [6, 6.07) is 7.59. The molecule has 2 rings (SSSR count). The van der Waals surface area contributed by atoms with E-state index in [1.54, 1.807) is 24.3 Å². The van der Waals surface area contributed by atoms with E-state index in [1.807, 2.05) is 0 Å². The Kier molecular flexibility index (Phi) is 9.10. The van der Waals surface area contributed by atoms with Crippen molar-refractivity contribution in [3.05, 3.63) is 63.4 Å². The molecule has 0 saturated carbocycles. The minimum absolute atomic E-state index is 0. The van der Waals surface area contributed by atoms with Crippen molar-refractivity contribution >= 4 is 44.7 Å². The molecule has 0 bridgehead atoms. The van der Waals surface area contributed by atoms with Crippen LogP contribution in [0.1, 0.15) is 0 Å². The van der Waals surface area contributed by atoms with E-state index < -0.39 is 55.3 Å². The van der Waals surface area contributed by atoms with Gasteiger partial charge >= 0.3 is 11.6 Å². The number of benzene rings is 2. The summed E-state index contributed by atoms with van der Waals surface area (Å²) in [5, 5.41) is 47.6. The van der Waals surface area contributed by atoms with Gasteiger partial charge in [-0.05, 0) is 12.1 Å². The average Bonchev–Trinajstić information content (AvgIpc) is 2.63. The molecule has 0 heterocycles. The van der Waals surface area contributed by atoms with Gasteiger partial charge in [0.15, 0.2) is 0 Å². The summed E-state index contributed by atoms with van der Waals surface area (Å²) in [4.78, 5) is 11.5. The van der Waals surface area contributed by atoms with E-state index in [0.29, 0.717) is 22.8 Å². The molecule has 2 aromatic carbocycles. The van der Waals surface area contributed by atoms with Crippen LogP contribution in [0.5, 0.6) is 5.75 Å². The second-order valence-electron chi connectivity index (χ2n) is 5.57. The topological polar surface area (TPSA) is 197 Å². The number of phenols is 1. The van der Waals surface area contributed by atoms with Gasteiger partial charge in [-0.15, -0.1) is 0 Å². The van der Waals surface area contributed by atoms with Crippen LogP contribution in [0.25, 0.3) is 0 Å². The standard InChI is InChI=1S/C16H13ClN4O8S.Cr/c17-11-3-1-2-4-12(11)19-15(23)5-9(22)8-18-20-13-6-10(30(27,28)29)7-14(16(13)24)21(25)26;/h1-7,22,24H,8H2,(H,19,23)(H,27,28,29);/p+1/b9-5-,20-18?;. The molecule has 0 saturated heterocycles. The molecule has 0 amide bonds. The molecule has 0 fully saturated rings. The molecule has 0 aliphatic carbocycles. The molecule has 0 spiro atoms. The Morgan fingerprint density at radius 3 is 2.48 bits per heavy atom. The van der Waals surface area contributed by atoms with Crippen molar-refractivity contribution in [1.82, 2.24) is 0 Å². The number of aliphatic hydroxyl groups excluding tert-OH is 2. The van der Waals surface area contributed by atoms with Gasteiger partial charge < -0.3 is 15.3 Å². The Bertz CT molecular complexity index is 1180. The number of nitrogens with zero attached hydrogens (tertiary/aromatic N) is 3. The summed E-state index contributed by atoms with van der Waals surface area (Å²) in [7, 11) is -4.82. The summed E-state index contributed by atoms with van der Waals surface area (Å²) >= 11 is 5.92. The molecule has 15 heteroatoms. The fraction of sp³-hybridized carbons (Fsp3) is 0.0625. The second-order valence-corrected chi connectivity index (χ2v) is 7.40. The number of para-hydroxylation sites is 1. The third kappa shape index (κ3) is 7.31. The zero-order valence-electron chi connectivity index (χ0n) is 15.2. The van der Waals surface area contributed by atoms with Crippen LogP contribution < -0.4 is 4.99 Å². The van der Waals surface area contributed by atoms with Crippen molar-refractivity contribution < 1.29 is 55.6 Å². The van der Waals surface area contributed by atoms with Crippen LogP contribution in [-0.4, -0.2) is 45.7 Å². The van der Waals surface area contributed by atoms with E-state index >= 15 is 0 Å². The molecule has 31 heavy (non-hydrogen) atoms. The third-order valence-electron chi connectivity index (χ3n) is 3.39. The van der Waals surface area contributed by atoms with Crippen molar-refractivity contribution in [2.45, 2.75) is 4.90 Å². The first-order chi connectivity index (χ1) is 14.0. The molecule has 0 unspecified atom stereocenters. The first-order valence-corrected chi connectivity index (χ1v) is 9.64. The molecule has 164 valence electrons. The van der Waals surface area contributed by atoms with E-state index in [-0.39, 0.29) is 17.4 Å². The van der Waals surface area contributed by atoms with E-state index in [0.717, 1.165) is 6.08 Å². The van der Waals surface area contributed by atoms with Gasteiger partial charge in [0, 0.05) is 29.5 Å². The molecule has 12 nitrogen and oxygen atoms in total. The molecular weight excluding hydrogens is 496 g/mol. The number of hydrogen-bond donors (Lipinski definition) is 5. The van der Waals surface area contributed by atoms with Crippen LogP contribution in [0.4, 0.5) is 17.1 Å². The number of nitro benzene ring substituents is 1. The summed E-state index contributed by atoms with van der Waals surface area (Å²) < 4.78 is 31.5. The van der Waals surface area contributed by atoms with Crippen molar-refractivity contribution in [3.63, 3.8) is 0 Å². The van der Waals surface area contributed by atoms with Gasteiger partial charge in [0.25, 0.3) is 10.1 Å². The number of phenolic OH excluding ortho intramolecular Hbond substituents is 1. The second kappa shape index (κ2) is 10.8. The molecule has 5 N–H and O–H groups in total. The van der Waals surface area contributed by atoms with Crippen LogP contribution in [0.3, 0.4) is 0 Å². The predicted molar refractivity (Wildman–Crippen MR) is 104 cm³/mol. The van der Waals surface area contributed by atoms with Gasteiger partial charge in [-0.2, -0.15) is 23.6 Å². The number of aliphatic hydroxyl groups is 2. The minimum Gasteiger partial charge on any atom is -0.510 e. The Hall–Kier alpha value is -3.02. The molecule has 0 atom stereocenters. The Balaban J connectivity index is 0.00000480. The van der Waals surface area contributed by atoms with Crippen molar-refractivity contribution in [3.8, 4) is 5.75 Å². The monoisotopic (exact) mass is 509 g/mol. The van der Waals surface area contributed by atoms with Crippen molar-refractivity contribution in [2.75, 3.05) is 6.54 Å². The van der Waals surface area contributed by atoms with Gasteiger partial charge in [-0.1, -0.05) is 23.7 Å². The maximum atomic E-state index is 11.2. The summed E-state index contributed by atoms with van der Waals surface area (Å²) in [5.41, 5.74) is -1.29. The average molecular weight is 510 g/mol. The van der Waals surface area contributed by atoms with Crippen LogP contribution in [0.2, 0.25) is 5.02 Å². The fourth-order valence-corrected chi connectivity index (χ4v) is 2.77. The summed E-state index contributed by atoms with van der Waals surface area (Å²) in [6.07, 6.45) is 0.888. The van der Waals surface area contributed by atoms with Gasteiger partial charge in [0.1, 0.15) is 27.9 Å². The normalized spacial score (nSPS) is 12.6. The Morgan fingerprint density at radius 2 is 1.90 bits per heavy atom. The smallest absolute Gasteiger partial charge is 0.367 e. The largest absolute Gasteiger partial charge is 0.510 e. The number of hydrogen-bond acceptors (Lipinski definition) is 8. The molecule has 0 aliphatic rings. The molecule has 0 aliphatic heterocycles. The molecular formula is C16H14ClCrN4O8S+. The zero-order valence-corrected chi connectivity index (χ0v) is 18.1. The van der Waals surface area contributed by atoms with Crippen LogP contribution in [0.15, 0.2) is 63.4 Å². The Labute approximate surface area is 190 Å². The first kappa shape index (κ1) is 26.0. The number of halogens is 1. The van der Waals surface area contributed by atoms with E-state index in [2.05, 4.69) is 15.2 Å². The maximum absolute atomic E-state index is 11.2. The van der Waals surface area contributed by atoms with E-state index in [1.165, 1.54) is 0 Å². The fourth-order valence-electron chi connectivity index (χ4n) is 2.07. The first-order valence-electron chi connectivity index (χ1n) is 7.82. The van der Waals surface area contributed by atoms with Gasteiger partial charge in [0.2, 0.25) is 11.4 Å². The quantitative estimate of drug-likeness (QED) is 0.0710. The van der Waals surface area contributed by atoms with Crippen molar-refractivity contribution in [1.29, 1.82) is 0 Å². The van der Waals surface area contributed by atoms with E-state index in [9.17, 15) is 33.9 Å². The number of rotatable bonds is 7. The summed E-state index contributed by atoms with van der Waals surface area (Å²) in [5.74, 6) is -1.98. The van der Waals surface area contributed by atoms with Gasteiger partial charge in [-0.3, -0.25) is 14.7 Å². The van der Waals surface area contributed by atoms with Crippen LogP contribution in [-0.2, 0) is 27.5 Å². The number of aromatic hydroxyl groups is 1. The van der Waals surface area contributed by atoms with Gasteiger partial charge in [0.05, 0.1) is 11.0 Å². The van der Waals surface area contributed by atoms with Crippen molar-refractivity contribution in [2.24, 2.45) is 10.2 Å².